The summed E-state index contributed by atoms with van der Waals surface area (Å²) in [5.41, 5.74) is 0.870. The molecule has 0 saturated heterocycles. The third-order valence-corrected chi connectivity index (χ3v) is 1.97. The van der Waals surface area contributed by atoms with Gasteiger partial charge < -0.3 is 5.32 Å². The number of urea groups is 1. The highest BCUT2D eigenvalue weighted by Crippen LogP contribution is 2.12. The van der Waals surface area contributed by atoms with Crippen LogP contribution in [0.2, 0.25) is 0 Å². The molecule has 0 bridgehead atoms. The van der Waals surface area contributed by atoms with Crippen LogP contribution >= 0.6 is 0 Å². The molecule has 0 spiro atoms. The van der Waals surface area contributed by atoms with Crippen molar-refractivity contribution in [3.63, 3.8) is 0 Å². The molecule has 1 rings (SSSR count). The first-order valence-corrected chi connectivity index (χ1v) is 4.83. The molecule has 2 amide bonds. The van der Waals surface area contributed by atoms with Crippen LogP contribution < -0.4 is 10.2 Å². The number of carbonyl (C=O) groups is 1. The lowest BCUT2D eigenvalue weighted by Gasteiger charge is -2.20. The summed E-state index contributed by atoms with van der Waals surface area (Å²) < 4.78 is 0. The molecule has 3 nitrogen and oxygen atoms in total. The molecule has 0 atom stereocenters. The van der Waals surface area contributed by atoms with E-state index in [0.29, 0.717) is 6.54 Å². The Morgan fingerprint density at radius 3 is 2.67 bits per heavy atom. The van der Waals surface area contributed by atoms with Gasteiger partial charge in [-0.3, -0.25) is 4.90 Å². The van der Waals surface area contributed by atoms with Gasteiger partial charge >= 0.3 is 6.03 Å². The van der Waals surface area contributed by atoms with Crippen LogP contribution in [-0.2, 0) is 0 Å². The molecule has 15 heavy (non-hydrogen) atoms. The number of hydrogen-bond acceptors (Lipinski definition) is 1. The SMILES string of the molecule is C#CCNC(=O)N(CC)c1ccccc1. The molecule has 78 valence electrons. The number of anilines is 1. The van der Waals surface area contributed by atoms with E-state index >= 15 is 0 Å². The topological polar surface area (TPSA) is 32.3 Å². The maximum atomic E-state index is 11.7. The van der Waals surface area contributed by atoms with E-state index in [4.69, 9.17) is 6.42 Å². The molecule has 0 aliphatic heterocycles. The Kier molecular flexibility index (Phi) is 4.24. The third-order valence-electron chi connectivity index (χ3n) is 1.97. The molecule has 0 aliphatic rings. The van der Waals surface area contributed by atoms with Crippen molar-refractivity contribution < 1.29 is 4.79 Å². The minimum absolute atomic E-state index is 0.165. The van der Waals surface area contributed by atoms with Crippen LogP contribution in [0.1, 0.15) is 6.92 Å². The quantitative estimate of drug-likeness (QED) is 0.745. The molecule has 0 unspecified atom stereocenters. The van der Waals surface area contributed by atoms with Crippen LogP contribution in [0, 0.1) is 12.3 Å². The zero-order chi connectivity index (χ0) is 11.1. The van der Waals surface area contributed by atoms with E-state index in [0.717, 1.165) is 5.69 Å². The maximum absolute atomic E-state index is 11.7. The number of benzene rings is 1. The molecule has 0 fully saturated rings. The van der Waals surface area contributed by atoms with Crippen LogP contribution in [-0.4, -0.2) is 19.1 Å². The number of hydrogen-bond donors (Lipinski definition) is 1. The van der Waals surface area contributed by atoms with E-state index in [9.17, 15) is 4.79 Å². The molecule has 0 saturated carbocycles. The first kappa shape index (κ1) is 11.1. The minimum atomic E-state index is -0.165. The number of nitrogens with zero attached hydrogens (tertiary/aromatic N) is 1. The Labute approximate surface area is 90.1 Å². The van der Waals surface area contributed by atoms with Crippen molar-refractivity contribution in [2.75, 3.05) is 18.0 Å². The summed E-state index contributed by atoms with van der Waals surface area (Å²) in [5.74, 6) is 2.37. The Morgan fingerprint density at radius 1 is 1.47 bits per heavy atom. The second-order valence-corrected chi connectivity index (χ2v) is 2.94. The van der Waals surface area contributed by atoms with Crippen molar-refractivity contribution in [1.29, 1.82) is 0 Å². The van der Waals surface area contributed by atoms with E-state index in [-0.39, 0.29) is 12.6 Å². The van der Waals surface area contributed by atoms with Gasteiger partial charge in [-0.15, -0.1) is 6.42 Å². The molecule has 0 radical (unpaired) electrons. The molecular formula is C12H14N2O. The average Bonchev–Trinajstić information content (AvgIpc) is 2.29. The predicted octanol–water partition coefficient (Wildman–Crippen LogP) is 1.86. The van der Waals surface area contributed by atoms with Gasteiger partial charge in [0.25, 0.3) is 0 Å². The molecule has 1 aromatic carbocycles. The van der Waals surface area contributed by atoms with E-state index < -0.39 is 0 Å². The summed E-state index contributed by atoms with van der Waals surface area (Å²) in [6, 6.07) is 9.31. The third kappa shape index (κ3) is 3.03. The molecule has 3 heteroatoms. The number of amides is 2. The second kappa shape index (κ2) is 5.71. The van der Waals surface area contributed by atoms with Gasteiger partial charge in [0.05, 0.1) is 6.54 Å². The van der Waals surface area contributed by atoms with Crippen LogP contribution in [0.5, 0.6) is 0 Å². The summed E-state index contributed by atoms with van der Waals surface area (Å²) >= 11 is 0. The average molecular weight is 202 g/mol. The maximum Gasteiger partial charge on any atom is 0.322 e. The highest BCUT2D eigenvalue weighted by Gasteiger charge is 2.11. The summed E-state index contributed by atoms with van der Waals surface area (Å²) in [5, 5.41) is 2.63. The molecule has 0 aromatic heterocycles. The number of terminal acetylenes is 1. The van der Waals surface area contributed by atoms with E-state index in [1.165, 1.54) is 0 Å². The van der Waals surface area contributed by atoms with Gasteiger partial charge in [0.1, 0.15) is 0 Å². The predicted molar refractivity (Wildman–Crippen MR) is 61.7 cm³/mol. The van der Waals surface area contributed by atoms with Gasteiger partial charge in [-0.25, -0.2) is 4.79 Å². The lowest BCUT2D eigenvalue weighted by atomic mass is 10.3. The molecular weight excluding hydrogens is 188 g/mol. The van der Waals surface area contributed by atoms with Gasteiger partial charge in [0.2, 0.25) is 0 Å². The van der Waals surface area contributed by atoms with E-state index in [1.807, 2.05) is 37.3 Å². The van der Waals surface area contributed by atoms with Crippen LogP contribution in [0.15, 0.2) is 30.3 Å². The highest BCUT2D eigenvalue weighted by atomic mass is 16.2. The van der Waals surface area contributed by atoms with Crippen molar-refractivity contribution >= 4 is 11.7 Å². The first-order chi connectivity index (χ1) is 7.29. The summed E-state index contributed by atoms with van der Waals surface area (Å²) in [7, 11) is 0. The number of carbonyl (C=O) groups excluding carboxylic acids is 1. The van der Waals surface area contributed by atoms with Gasteiger partial charge in [-0.05, 0) is 19.1 Å². The monoisotopic (exact) mass is 202 g/mol. The van der Waals surface area contributed by atoms with Gasteiger partial charge in [-0.2, -0.15) is 0 Å². The summed E-state index contributed by atoms with van der Waals surface area (Å²) in [6.07, 6.45) is 5.07. The second-order valence-electron chi connectivity index (χ2n) is 2.94. The van der Waals surface area contributed by atoms with Gasteiger partial charge in [-0.1, -0.05) is 24.1 Å². The zero-order valence-corrected chi connectivity index (χ0v) is 8.73. The smallest absolute Gasteiger partial charge is 0.322 e. The molecule has 0 aliphatic carbocycles. The Bertz CT molecular complexity index is 354. The number of para-hydroxylation sites is 1. The Balaban J connectivity index is 2.72. The summed E-state index contributed by atoms with van der Waals surface area (Å²) in [4.78, 5) is 13.3. The zero-order valence-electron chi connectivity index (χ0n) is 8.73. The van der Waals surface area contributed by atoms with Gasteiger partial charge in [0.15, 0.2) is 0 Å². The molecule has 0 heterocycles. The van der Waals surface area contributed by atoms with Gasteiger partial charge in [0, 0.05) is 12.2 Å². The lowest BCUT2D eigenvalue weighted by Crippen LogP contribution is -2.40. The lowest BCUT2D eigenvalue weighted by molar-refractivity contribution is 0.247. The van der Waals surface area contributed by atoms with E-state index in [2.05, 4.69) is 11.2 Å². The van der Waals surface area contributed by atoms with Crippen LogP contribution in [0.3, 0.4) is 0 Å². The van der Waals surface area contributed by atoms with Crippen molar-refractivity contribution in [3.8, 4) is 12.3 Å². The van der Waals surface area contributed by atoms with Crippen molar-refractivity contribution in [2.45, 2.75) is 6.92 Å². The van der Waals surface area contributed by atoms with Crippen molar-refractivity contribution in [2.24, 2.45) is 0 Å². The molecule has 1 N–H and O–H groups in total. The Hall–Kier alpha value is -1.95. The van der Waals surface area contributed by atoms with E-state index in [1.54, 1.807) is 4.90 Å². The van der Waals surface area contributed by atoms with Crippen LogP contribution in [0.25, 0.3) is 0 Å². The standard InChI is InChI=1S/C12H14N2O/c1-3-10-13-12(15)14(4-2)11-8-6-5-7-9-11/h1,5-9H,4,10H2,2H3,(H,13,15). The number of nitrogens with one attached hydrogen (secondary N) is 1. The first-order valence-electron chi connectivity index (χ1n) is 4.83. The number of rotatable bonds is 3. The highest BCUT2D eigenvalue weighted by molar-refractivity contribution is 5.91. The minimum Gasteiger partial charge on any atom is -0.327 e. The fourth-order valence-corrected chi connectivity index (χ4v) is 1.27. The molecule has 1 aromatic rings. The van der Waals surface area contributed by atoms with Crippen molar-refractivity contribution in [3.05, 3.63) is 30.3 Å². The fourth-order valence-electron chi connectivity index (χ4n) is 1.27. The fraction of sp³-hybridized carbons (Fsp3) is 0.250. The normalized spacial score (nSPS) is 9.07. The van der Waals surface area contributed by atoms with Crippen molar-refractivity contribution in [1.82, 2.24) is 5.32 Å². The van der Waals surface area contributed by atoms with Crippen LogP contribution in [0.4, 0.5) is 10.5 Å². The summed E-state index contributed by atoms with van der Waals surface area (Å²) in [6.45, 7) is 2.78. The Morgan fingerprint density at radius 2 is 2.13 bits per heavy atom. The largest absolute Gasteiger partial charge is 0.327 e.